The molecule has 0 bridgehead atoms. The van der Waals surface area contributed by atoms with Gasteiger partial charge in [-0.05, 0) is 32.0 Å². The Kier molecular flexibility index (Phi) is 5.44. The Morgan fingerprint density at radius 1 is 1.19 bits per heavy atom. The third kappa shape index (κ3) is 4.33. The average molecular weight is 391 g/mol. The van der Waals surface area contributed by atoms with Crippen LogP contribution in [0.5, 0.6) is 5.75 Å². The number of carbonyl (C=O) groups is 1. The highest BCUT2D eigenvalue weighted by atomic mass is 35.5. The lowest BCUT2D eigenvalue weighted by Crippen LogP contribution is -2.22. The number of aromatic nitrogens is 3. The van der Waals surface area contributed by atoms with Crippen molar-refractivity contribution < 1.29 is 9.53 Å². The van der Waals surface area contributed by atoms with Crippen LogP contribution in [0.4, 0.5) is 5.82 Å². The number of benzene rings is 1. The van der Waals surface area contributed by atoms with E-state index in [2.05, 4.69) is 15.4 Å². The number of halogens is 2. The van der Waals surface area contributed by atoms with Gasteiger partial charge >= 0.3 is 0 Å². The van der Waals surface area contributed by atoms with Gasteiger partial charge < -0.3 is 10.1 Å². The lowest BCUT2D eigenvalue weighted by Gasteiger charge is -2.10. The molecule has 134 valence electrons. The van der Waals surface area contributed by atoms with Gasteiger partial charge in [-0.3, -0.25) is 4.79 Å². The molecule has 0 spiro atoms. The molecule has 3 rings (SSSR count). The number of hydrogen-bond acceptors (Lipinski definition) is 4. The number of ether oxygens (including phenoxy) is 1. The van der Waals surface area contributed by atoms with E-state index in [1.54, 1.807) is 19.1 Å². The molecule has 6 nitrogen and oxygen atoms in total. The molecule has 0 saturated carbocycles. The van der Waals surface area contributed by atoms with Gasteiger partial charge in [0.15, 0.2) is 12.4 Å². The van der Waals surface area contributed by atoms with Crippen LogP contribution in [0.2, 0.25) is 10.0 Å². The van der Waals surface area contributed by atoms with E-state index in [0.717, 1.165) is 5.56 Å². The lowest BCUT2D eigenvalue weighted by molar-refractivity contribution is -0.118. The van der Waals surface area contributed by atoms with Gasteiger partial charge in [0, 0.05) is 12.3 Å². The van der Waals surface area contributed by atoms with Crippen molar-refractivity contribution in [2.45, 2.75) is 13.8 Å². The SMILES string of the molecule is Cc1ccc(OCC(=O)Nc2cc(C)nn2-c2ncc(Cl)cc2Cl)cc1. The van der Waals surface area contributed by atoms with Crippen molar-refractivity contribution >= 4 is 34.9 Å². The summed E-state index contributed by atoms with van der Waals surface area (Å²) in [6, 6.07) is 10.7. The Morgan fingerprint density at radius 3 is 2.62 bits per heavy atom. The summed E-state index contributed by atoms with van der Waals surface area (Å²) in [6.45, 7) is 3.66. The molecule has 0 fully saturated rings. The largest absolute Gasteiger partial charge is 0.484 e. The van der Waals surface area contributed by atoms with Crippen molar-refractivity contribution in [3.05, 3.63) is 63.9 Å². The van der Waals surface area contributed by atoms with Crippen molar-refractivity contribution in [1.29, 1.82) is 0 Å². The standard InChI is InChI=1S/C18H16Cl2N4O2/c1-11-3-5-14(6-4-11)26-10-17(25)22-16-7-12(2)23-24(16)18-15(20)8-13(19)9-21-18/h3-9H,10H2,1-2H3,(H,22,25). The van der Waals surface area contributed by atoms with E-state index in [4.69, 9.17) is 27.9 Å². The molecule has 0 atom stereocenters. The number of aryl methyl sites for hydroxylation is 2. The maximum absolute atomic E-state index is 12.2. The topological polar surface area (TPSA) is 69.0 Å². The second-order valence-electron chi connectivity index (χ2n) is 5.69. The van der Waals surface area contributed by atoms with E-state index in [-0.39, 0.29) is 12.5 Å². The maximum Gasteiger partial charge on any atom is 0.263 e. The number of hydrogen-bond donors (Lipinski definition) is 1. The predicted octanol–water partition coefficient (Wildman–Crippen LogP) is 4.21. The number of rotatable bonds is 5. The van der Waals surface area contributed by atoms with Crippen molar-refractivity contribution in [2.75, 3.05) is 11.9 Å². The number of nitrogens with zero attached hydrogens (tertiary/aromatic N) is 3. The minimum Gasteiger partial charge on any atom is -0.484 e. The number of nitrogens with one attached hydrogen (secondary N) is 1. The Labute approximate surface area is 160 Å². The van der Waals surface area contributed by atoms with Crippen LogP contribution in [0.3, 0.4) is 0 Å². The van der Waals surface area contributed by atoms with Crippen LogP contribution in [0.15, 0.2) is 42.6 Å². The first-order valence-electron chi connectivity index (χ1n) is 7.80. The van der Waals surface area contributed by atoms with Gasteiger partial charge in [0.1, 0.15) is 11.6 Å². The second-order valence-corrected chi connectivity index (χ2v) is 6.54. The van der Waals surface area contributed by atoms with Gasteiger partial charge in [-0.25, -0.2) is 4.98 Å². The maximum atomic E-state index is 12.2. The predicted molar refractivity (Wildman–Crippen MR) is 101 cm³/mol. The molecule has 0 aliphatic carbocycles. The van der Waals surface area contributed by atoms with Crippen LogP contribution in [-0.2, 0) is 4.79 Å². The highest BCUT2D eigenvalue weighted by molar-refractivity contribution is 6.35. The highest BCUT2D eigenvalue weighted by Gasteiger charge is 2.15. The summed E-state index contributed by atoms with van der Waals surface area (Å²) >= 11 is 12.1. The highest BCUT2D eigenvalue weighted by Crippen LogP contribution is 2.25. The lowest BCUT2D eigenvalue weighted by atomic mass is 10.2. The van der Waals surface area contributed by atoms with Crippen LogP contribution in [0.1, 0.15) is 11.3 Å². The summed E-state index contributed by atoms with van der Waals surface area (Å²) in [5, 5.41) is 7.82. The van der Waals surface area contributed by atoms with Crippen molar-refractivity contribution in [3.8, 4) is 11.6 Å². The molecular weight excluding hydrogens is 375 g/mol. The minimum atomic E-state index is -0.322. The fourth-order valence-electron chi connectivity index (χ4n) is 2.28. The Hall–Kier alpha value is -2.57. The molecule has 3 aromatic rings. The zero-order chi connectivity index (χ0) is 18.7. The van der Waals surface area contributed by atoms with E-state index in [1.807, 2.05) is 31.2 Å². The van der Waals surface area contributed by atoms with E-state index >= 15 is 0 Å². The molecule has 2 aromatic heterocycles. The molecule has 26 heavy (non-hydrogen) atoms. The zero-order valence-corrected chi connectivity index (χ0v) is 15.7. The molecule has 0 aliphatic rings. The zero-order valence-electron chi connectivity index (χ0n) is 14.2. The second kappa shape index (κ2) is 7.76. The first-order chi connectivity index (χ1) is 12.4. The Morgan fingerprint density at radius 2 is 1.92 bits per heavy atom. The first-order valence-corrected chi connectivity index (χ1v) is 8.55. The van der Waals surface area contributed by atoms with Gasteiger partial charge in [-0.2, -0.15) is 9.78 Å². The quantitative estimate of drug-likeness (QED) is 0.708. The van der Waals surface area contributed by atoms with Crippen molar-refractivity contribution in [2.24, 2.45) is 0 Å². The smallest absolute Gasteiger partial charge is 0.263 e. The summed E-state index contributed by atoms with van der Waals surface area (Å²) in [6.07, 6.45) is 1.46. The molecule has 0 unspecified atom stereocenters. The third-order valence-corrected chi connectivity index (χ3v) is 3.96. The summed E-state index contributed by atoms with van der Waals surface area (Å²) in [7, 11) is 0. The molecule has 1 aromatic carbocycles. The van der Waals surface area contributed by atoms with Crippen LogP contribution in [-0.4, -0.2) is 27.3 Å². The summed E-state index contributed by atoms with van der Waals surface area (Å²) in [4.78, 5) is 16.4. The van der Waals surface area contributed by atoms with E-state index in [1.165, 1.54) is 10.9 Å². The molecule has 2 heterocycles. The fourth-order valence-corrected chi connectivity index (χ4v) is 2.74. The van der Waals surface area contributed by atoms with Crippen LogP contribution in [0.25, 0.3) is 5.82 Å². The minimum absolute atomic E-state index is 0.130. The number of pyridine rings is 1. The summed E-state index contributed by atoms with van der Waals surface area (Å²) < 4.78 is 6.94. The summed E-state index contributed by atoms with van der Waals surface area (Å²) in [5.41, 5.74) is 1.82. The van der Waals surface area contributed by atoms with E-state index in [0.29, 0.717) is 33.1 Å². The van der Waals surface area contributed by atoms with Crippen molar-refractivity contribution in [1.82, 2.24) is 14.8 Å². The number of anilines is 1. The molecule has 1 N–H and O–H groups in total. The van der Waals surface area contributed by atoms with E-state index in [9.17, 15) is 4.79 Å². The molecule has 0 radical (unpaired) electrons. The van der Waals surface area contributed by atoms with Crippen molar-refractivity contribution in [3.63, 3.8) is 0 Å². The number of amides is 1. The molecule has 0 saturated heterocycles. The Bertz CT molecular complexity index is 939. The first kappa shape index (κ1) is 18.2. The van der Waals surface area contributed by atoms with E-state index < -0.39 is 0 Å². The van der Waals surface area contributed by atoms with Crippen LogP contribution >= 0.6 is 23.2 Å². The van der Waals surface area contributed by atoms with Gasteiger partial charge in [0.2, 0.25) is 0 Å². The van der Waals surface area contributed by atoms with Gasteiger partial charge in [-0.1, -0.05) is 40.9 Å². The monoisotopic (exact) mass is 390 g/mol. The number of carbonyl (C=O) groups excluding carboxylic acids is 1. The molecule has 1 amide bonds. The normalized spacial score (nSPS) is 10.6. The molecule has 0 aliphatic heterocycles. The fraction of sp³-hybridized carbons (Fsp3) is 0.167. The van der Waals surface area contributed by atoms with Gasteiger partial charge in [0.05, 0.1) is 15.7 Å². The third-order valence-electron chi connectivity index (χ3n) is 3.48. The Balaban J connectivity index is 1.73. The molecular formula is C18H16Cl2N4O2. The summed E-state index contributed by atoms with van der Waals surface area (Å²) in [5.74, 6) is 1.12. The van der Waals surface area contributed by atoms with Crippen LogP contribution < -0.4 is 10.1 Å². The molecule has 8 heteroatoms. The van der Waals surface area contributed by atoms with Crippen LogP contribution in [0, 0.1) is 13.8 Å². The van der Waals surface area contributed by atoms with Gasteiger partial charge in [-0.15, -0.1) is 0 Å². The average Bonchev–Trinajstić information content (AvgIpc) is 2.94. The van der Waals surface area contributed by atoms with Gasteiger partial charge in [0.25, 0.3) is 5.91 Å².